The highest BCUT2D eigenvalue weighted by molar-refractivity contribution is 5.28. The molecule has 7 heteroatoms. The third-order valence-corrected chi connectivity index (χ3v) is 6.47. The van der Waals surface area contributed by atoms with Crippen LogP contribution in [0.5, 0.6) is 0 Å². The molecule has 1 saturated heterocycles. The molecule has 1 aromatic heterocycles. The van der Waals surface area contributed by atoms with Crippen molar-refractivity contribution in [1.82, 2.24) is 14.9 Å². The van der Waals surface area contributed by atoms with Crippen LogP contribution in [0.15, 0.2) is 46.1 Å². The largest absolute Gasteiger partial charge is 0.374 e. The van der Waals surface area contributed by atoms with Crippen LogP contribution in [0.25, 0.3) is 0 Å². The Bertz CT molecular complexity index is 981. The lowest BCUT2D eigenvalue weighted by Crippen LogP contribution is -2.43. The van der Waals surface area contributed by atoms with Gasteiger partial charge < -0.3 is 14.8 Å². The highest BCUT2D eigenvalue weighted by atomic mass is 16.6. The van der Waals surface area contributed by atoms with E-state index in [1.54, 1.807) is 13.1 Å². The summed E-state index contributed by atoms with van der Waals surface area (Å²) in [6.45, 7) is 6.99. The second-order valence-electron chi connectivity index (χ2n) is 8.37. The van der Waals surface area contributed by atoms with Crippen LogP contribution in [0.2, 0.25) is 0 Å². The summed E-state index contributed by atoms with van der Waals surface area (Å²) < 4.78 is 14.0. The molecule has 1 saturated carbocycles. The SMILES string of the molecule is CN[C@@H]1C2C(C)(C)[C@]2(COCc2ccccc2)O[C@H]1n1cc(C)c(=O)[nH]c1=O. The predicted octanol–water partition coefficient (Wildman–Crippen LogP) is 1.57. The van der Waals surface area contributed by atoms with E-state index < -0.39 is 17.5 Å². The Morgan fingerprint density at radius 3 is 2.64 bits per heavy atom. The summed E-state index contributed by atoms with van der Waals surface area (Å²) in [7, 11) is 1.87. The van der Waals surface area contributed by atoms with E-state index in [9.17, 15) is 9.59 Å². The zero-order valence-corrected chi connectivity index (χ0v) is 16.7. The number of hydrogen-bond donors (Lipinski definition) is 2. The number of H-pyrrole nitrogens is 1. The number of ether oxygens (including phenoxy) is 2. The van der Waals surface area contributed by atoms with Gasteiger partial charge in [-0.2, -0.15) is 0 Å². The zero-order valence-electron chi connectivity index (χ0n) is 16.7. The average molecular weight is 385 g/mol. The van der Waals surface area contributed by atoms with E-state index in [-0.39, 0.29) is 22.9 Å². The number of aromatic amines is 1. The van der Waals surface area contributed by atoms with Crippen molar-refractivity contribution in [2.75, 3.05) is 13.7 Å². The van der Waals surface area contributed by atoms with Crippen LogP contribution in [0.3, 0.4) is 0 Å². The van der Waals surface area contributed by atoms with E-state index >= 15 is 0 Å². The average Bonchev–Trinajstić information content (AvgIpc) is 2.97. The summed E-state index contributed by atoms with van der Waals surface area (Å²) in [5.41, 5.74) is 0.221. The second kappa shape index (κ2) is 6.69. The molecule has 1 aliphatic heterocycles. The van der Waals surface area contributed by atoms with Gasteiger partial charge >= 0.3 is 5.69 Å². The maximum atomic E-state index is 12.4. The van der Waals surface area contributed by atoms with Gasteiger partial charge in [0.1, 0.15) is 5.60 Å². The van der Waals surface area contributed by atoms with E-state index in [0.717, 1.165) is 5.56 Å². The molecule has 2 fully saturated rings. The van der Waals surface area contributed by atoms with Gasteiger partial charge in [-0.3, -0.25) is 14.3 Å². The molecule has 2 aliphatic rings. The predicted molar refractivity (Wildman–Crippen MR) is 105 cm³/mol. The quantitative estimate of drug-likeness (QED) is 0.789. The van der Waals surface area contributed by atoms with Crippen molar-refractivity contribution in [1.29, 1.82) is 0 Å². The standard InChI is InChI=1S/C21H27N3O4/c1-13-10-24(19(26)23-17(13)25)18-15(22-4)16-20(2,3)21(16,28-18)12-27-11-14-8-6-5-7-9-14/h5-10,15-16,18,22H,11-12H2,1-4H3,(H,23,25,26)/t15-,16?,18-,21-/m1/s1. The lowest BCUT2D eigenvalue weighted by Gasteiger charge is -2.29. The lowest BCUT2D eigenvalue weighted by atomic mass is 10.0. The van der Waals surface area contributed by atoms with Crippen LogP contribution in [-0.2, 0) is 16.1 Å². The van der Waals surface area contributed by atoms with E-state index in [0.29, 0.717) is 18.8 Å². The van der Waals surface area contributed by atoms with Gasteiger partial charge in [-0.15, -0.1) is 0 Å². The van der Waals surface area contributed by atoms with Crippen LogP contribution in [0.1, 0.15) is 31.2 Å². The molecule has 0 spiro atoms. The number of aryl methyl sites for hydroxylation is 1. The number of nitrogens with zero attached hydrogens (tertiary/aromatic N) is 1. The minimum Gasteiger partial charge on any atom is -0.374 e. The zero-order chi connectivity index (χ0) is 20.1. The van der Waals surface area contributed by atoms with Crippen molar-refractivity contribution >= 4 is 0 Å². The molecule has 1 unspecified atom stereocenters. The van der Waals surface area contributed by atoms with Crippen LogP contribution in [-0.4, -0.2) is 34.8 Å². The molecule has 4 atom stereocenters. The van der Waals surface area contributed by atoms with Gasteiger partial charge in [0, 0.05) is 23.1 Å². The molecular weight excluding hydrogens is 358 g/mol. The van der Waals surface area contributed by atoms with Crippen LogP contribution >= 0.6 is 0 Å². The van der Waals surface area contributed by atoms with Crippen molar-refractivity contribution in [3.8, 4) is 0 Å². The lowest BCUT2D eigenvalue weighted by molar-refractivity contribution is -0.108. The Morgan fingerprint density at radius 1 is 1.25 bits per heavy atom. The maximum absolute atomic E-state index is 12.4. The summed E-state index contributed by atoms with van der Waals surface area (Å²) in [6.07, 6.45) is 1.08. The fourth-order valence-electron chi connectivity index (χ4n) is 4.79. The number of hydrogen-bond acceptors (Lipinski definition) is 5. The molecule has 2 N–H and O–H groups in total. The summed E-state index contributed by atoms with van der Waals surface area (Å²) in [6, 6.07) is 9.97. The first kappa shape index (κ1) is 19.1. The van der Waals surface area contributed by atoms with Crippen LogP contribution in [0, 0.1) is 18.3 Å². The Labute approximate surface area is 163 Å². The smallest absolute Gasteiger partial charge is 0.330 e. The molecule has 4 rings (SSSR count). The Hall–Kier alpha value is -2.22. The summed E-state index contributed by atoms with van der Waals surface area (Å²) >= 11 is 0. The van der Waals surface area contributed by atoms with Crippen molar-refractivity contribution in [2.24, 2.45) is 11.3 Å². The van der Waals surface area contributed by atoms with Gasteiger partial charge in [-0.05, 0) is 19.5 Å². The van der Waals surface area contributed by atoms with Gasteiger partial charge in [-0.1, -0.05) is 44.2 Å². The van der Waals surface area contributed by atoms with E-state index in [1.165, 1.54) is 4.57 Å². The number of fused-ring (bicyclic) bond motifs is 1. The molecule has 28 heavy (non-hydrogen) atoms. The Morgan fingerprint density at radius 2 is 1.96 bits per heavy atom. The molecule has 0 amide bonds. The highest BCUT2D eigenvalue weighted by Gasteiger charge is 2.80. The fraction of sp³-hybridized carbons (Fsp3) is 0.524. The molecule has 7 nitrogen and oxygen atoms in total. The first-order valence-corrected chi connectivity index (χ1v) is 9.60. The third-order valence-electron chi connectivity index (χ3n) is 6.47. The Balaban J connectivity index is 1.57. The normalized spacial score (nSPS) is 30.2. The van der Waals surface area contributed by atoms with Gasteiger partial charge in [0.05, 0.1) is 19.3 Å². The molecule has 0 bridgehead atoms. The fourth-order valence-corrected chi connectivity index (χ4v) is 4.79. The molecule has 2 aromatic rings. The maximum Gasteiger partial charge on any atom is 0.330 e. The second-order valence-corrected chi connectivity index (χ2v) is 8.37. The van der Waals surface area contributed by atoms with Gasteiger partial charge in [0.25, 0.3) is 5.56 Å². The number of rotatable bonds is 6. The van der Waals surface area contributed by atoms with Crippen molar-refractivity contribution < 1.29 is 9.47 Å². The number of aromatic nitrogens is 2. The summed E-state index contributed by atoms with van der Waals surface area (Å²) in [4.78, 5) is 26.5. The molecule has 150 valence electrons. The van der Waals surface area contributed by atoms with Crippen molar-refractivity contribution in [3.05, 3.63) is 68.5 Å². The van der Waals surface area contributed by atoms with Crippen molar-refractivity contribution in [3.63, 3.8) is 0 Å². The molecule has 2 heterocycles. The number of benzene rings is 1. The Kier molecular flexibility index (Phi) is 4.56. The molecule has 1 aromatic carbocycles. The minimum atomic E-state index is -0.494. The topological polar surface area (TPSA) is 85.3 Å². The summed E-state index contributed by atoms with van der Waals surface area (Å²) in [5.74, 6) is 0.199. The van der Waals surface area contributed by atoms with E-state index in [4.69, 9.17) is 9.47 Å². The number of likely N-dealkylation sites (N-methyl/N-ethyl adjacent to an activating group) is 1. The van der Waals surface area contributed by atoms with Gasteiger partial charge in [0.15, 0.2) is 6.23 Å². The first-order chi connectivity index (χ1) is 13.3. The van der Waals surface area contributed by atoms with Crippen LogP contribution < -0.4 is 16.6 Å². The molecular formula is C21H27N3O4. The minimum absolute atomic E-state index is 0.0571. The van der Waals surface area contributed by atoms with Crippen molar-refractivity contribution in [2.45, 2.75) is 45.2 Å². The monoisotopic (exact) mass is 385 g/mol. The van der Waals surface area contributed by atoms with Crippen LogP contribution in [0.4, 0.5) is 0 Å². The number of nitrogens with one attached hydrogen (secondary N) is 2. The highest BCUT2D eigenvalue weighted by Crippen LogP contribution is 2.71. The van der Waals surface area contributed by atoms with Gasteiger partial charge in [0.2, 0.25) is 0 Å². The third kappa shape index (κ3) is 2.77. The summed E-state index contributed by atoms with van der Waals surface area (Å²) in [5, 5.41) is 3.32. The first-order valence-electron chi connectivity index (χ1n) is 9.60. The molecule has 1 aliphatic carbocycles. The molecule has 0 radical (unpaired) electrons. The van der Waals surface area contributed by atoms with E-state index in [2.05, 4.69) is 24.1 Å². The van der Waals surface area contributed by atoms with E-state index in [1.807, 2.05) is 37.4 Å². The van der Waals surface area contributed by atoms with Gasteiger partial charge in [-0.25, -0.2) is 4.79 Å².